The van der Waals surface area contributed by atoms with Crippen molar-refractivity contribution >= 4 is 23.5 Å². The molecule has 2 amide bonds. The zero-order valence-electron chi connectivity index (χ0n) is 12.9. The summed E-state index contributed by atoms with van der Waals surface area (Å²) in [6, 6.07) is 9.63. The second-order valence-electron chi connectivity index (χ2n) is 5.21. The maximum atomic E-state index is 12.1. The van der Waals surface area contributed by atoms with E-state index < -0.39 is 18.0 Å². The van der Waals surface area contributed by atoms with E-state index in [9.17, 15) is 14.4 Å². The Labute approximate surface area is 134 Å². The molecular formula is C16H19N3O4. The van der Waals surface area contributed by atoms with Gasteiger partial charge < -0.3 is 10.5 Å². The molecule has 0 bridgehead atoms. The number of ether oxygens (including phenoxy) is 1. The van der Waals surface area contributed by atoms with Gasteiger partial charge in [-0.2, -0.15) is 5.10 Å². The summed E-state index contributed by atoms with van der Waals surface area (Å²) in [5.41, 5.74) is 6.84. The SMILES string of the molecule is CC(OC(=O)CCC(=O)N1CCC(c2ccccc2)=N1)C(N)=O. The molecule has 7 heteroatoms. The van der Waals surface area contributed by atoms with Gasteiger partial charge >= 0.3 is 5.97 Å². The van der Waals surface area contributed by atoms with Crippen molar-refractivity contribution in [2.75, 3.05) is 6.54 Å². The van der Waals surface area contributed by atoms with Crippen LogP contribution >= 0.6 is 0 Å². The number of hydrogen-bond acceptors (Lipinski definition) is 5. The first-order valence-corrected chi connectivity index (χ1v) is 7.39. The zero-order valence-corrected chi connectivity index (χ0v) is 12.9. The number of nitrogens with two attached hydrogens (primary N) is 1. The molecule has 0 radical (unpaired) electrons. The first kappa shape index (κ1) is 16.7. The van der Waals surface area contributed by atoms with Crippen molar-refractivity contribution in [1.29, 1.82) is 0 Å². The van der Waals surface area contributed by atoms with E-state index in [1.165, 1.54) is 11.9 Å². The molecule has 122 valence electrons. The summed E-state index contributed by atoms with van der Waals surface area (Å²) in [4.78, 5) is 34.4. The van der Waals surface area contributed by atoms with Crippen LogP contribution in [0.5, 0.6) is 0 Å². The van der Waals surface area contributed by atoms with Crippen LogP contribution in [-0.4, -0.2) is 41.2 Å². The number of amides is 2. The minimum Gasteiger partial charge on any atom is -0.453 e. The van der Waals surface area contributed by atoms with Crippen molar-refractivity contribution in [3.05, 3.63) is 35.9 Å². The molecule has 1 aromatic rings. The predicted octanol–water partition coefficient (Wildman–Crippen LogP) is 0.820. The molecule has 23 heavy (non-hydrogen) atoms. The molecule has 1 aliphatic heterocycles. The topological polar surface area (TPSA) is 102 Å². The summed E-state index contributed by atoms with van der Waals surface area (Å²) < 4.78 is 4.80. The van der Waals surface area contributed by atoms with E-state index in [0.717, 1.165) is 11.3 Å². The van der Waals surface area contributed by atoms with Crippen molar-refractivity contribution < 1.29 is 19.1 Å². The van der Waals surface area contributed by atoms with Gasteiger partial charge in [-0.05, 0) is 12.5 Å². The third kappa shape index (κ3) is 4.64. The fourth-order valence-corrected chi connectivity index (χ4v) is 2.12. The Bertz CT molecular complexity index is 627. The number of carbonyl (C=O) groups excluding carboxylic acids is 3. The largest absolute Gasteiger partial charge is 0.453 e. The van der Waals surface area contributed by atoms with Crippen LogP contribution < -0.4 is 5.73 Å². The maximum Gasteiger partial charge on any atom is 0.307 e. The standard InChI is InChI=1S/C16H19N3O4/c1-11(16(17)22)23-15(21)8-7-14(20)19-10-9-13(18-19)12-5-3-2-4-6-12/h2-6,11H,7-10H2,1H3,(H2,17,22). The highest BCUT2D eigenvalue weighted by molar-refractivity contribution is 6.02. The molecule has 0 fully saturated rings. The Morgan fingerprint density at radius 2 is 1.96 bits per heavy atom. The fraction of sp³-hybridized carbons (Fsp3) is 0.375. The summed E-state index contributed by atoms with van der Waals surface area (Å²) in [6.45, 7) is 1.88. The van der Waals surface area contributed by atoms with Gasteiger partial charge in [0.1, 0.15) is 0 Å². The number of primary amides is 1. The molecular weight excluding hydrogens is 298 g/mol. The lowest BCUT2D eigenvalue weighted by molar-refractivity contribution is -0.154. The summed E-state index contributed by atoms with van der Waals surface area (Å²) in [5, 5.41) is 5.67. The number of benzene rings is 1. The van der Waals surface area contributed by atoms with Crippen LogP contribution in [-0.2, 0) is 19.1 Å². The summed E-state index contributed by atoms with van der Waals surface area (Å²) >= 11 is 0. The number of carbonyl (C=O) groups is 3. The normalized spacial score (nSPS) is 15.0. The Balaban J connectivity index is 1.84. The Hall–Kier alpha value is -2.70. The number of rotatable bonds is 6. The van der Waals surface area contributed by atoms with Crippen LogP contribution in [0.1, 0.15) is 31.7 Å². The van der Waals surface area contributed by atoms with Gasteiger partial charge in [0.05, 0.1) is 18.7 Å². The first-order valence-electron chi connectivity index (χ1n) is 7.39. The minimum absolute atomic E-state index is 0.0180. The highest BCUT2D eigenvalue weighted by Gasteiger charge is 2.23. The molecule has 0 spiro atoms. The lowest BCUT2D eigenvalue weighted by atomic mass is 10.1. The van der Waals surface area contributed by atoms with Crippen molar-refractivity contribution in [2.24, 2.45) is 10.8 Å². The molecule has 0 saturated heterocycles. The van der Waals surface area contributed by atoms with E-state index >= 15 is 0 Å². The second kappa shape index (κ2) is 7.53. The number of hydrazone groups is 1. The molecule has 7 nitrogen and oxygen atoms in total. The van der Waals surface area contributed by atoms with Gasteiger partial charge in [0.15, 0.2) is 6.10 Å². The number of esters is 1. The van der Waals surface area contributed by atoms with Crippen LogP contribution in [0.15, 0.2) is 35.4 Å². The van der Waals surface area contributed by atoms with Crippen LogP contribution in [0.2, 0.25) is 0 Å². The molecule has 0 saturated carbocycles. The van der Waals surface area contributed by atoms with Crippen LogP contribution in [0, 0.1) is 0 Å². The van der Waals surface area contributed by atoms with Crippen molar-refractivity contribution in [1.82, 2.24) is 5.01 Å². The summed E-state index contributed by atoms with van der Waals surface area (Å²) in [6.07, 6.45) is -0.440. The Morgan fingerprint density at radius 1 is 1.26 bits per heavy atom. The maximum absolute atomic E-state index is 12.1. The second-order valence-corrected chi connectivity index (χ2v) is 5.21. The van der Waals surface area contributed by atoms with Gasteiger partial charge in [-0.3, -0.25) is 14.4 Å². The fourth-order valence-electron chi connectivity index (χ4n) is 2.12. The van der Waals surface area contributed by atoms with Crippen LogP contribution in [0.3, 0.4) is 0 Å². The molecule has 1 atom stereocenters. The number of hydrogen-bond donors (Lipinski definition) is 1. The van der Waals surface area contributed by atoms with Crippen LogP contribution in [0.4, 0.5) is 0 Å². The summed E-state index contributed by atoms with van der Waals surface area (Å²) in [7, 11) is 0. The molecule has 1 unspecified atom stereocenters. The first-order chi connectivity index (χ1) is 11.0. The average molecular weight is 317 g/mol. The van der Waals surface area contributed by atoms with E-state index in [2.05, 4.69) is 5.10 Å². The van der Waals surface area contributed by atoms with Gasteiger partial charge in [-0.15, -0.1) is 0 Å². The lowest BCUT2D eigenvalue weighted by Gasteiger charge is -2.12. The van der Waals surface area contributed by atoms with E-state index in [1.54, 1.807) is 0 Å². The van der Waals surface area contributed by atoms with E-state index in [4.69, 9.17) is 10.5 Å². The Morgan fingerprint density at radius 3 is 2.61 bits per heavy atom. The van der Waals surface area contributed by atoms with Gasteiger partial charge in [-0.25, -0.2) is 5.01 Å². The Kier molecular flexibility index (Phi) is 5.46. The smallest absolute Gasteiger partial charge is 0.307 e. The predicted molar refractivity (Wildman–Crippen MR) is 83.3 cm³/mol. The lowest BCUT2D eigenvalue weighted by Crippen LogP contribution is -2.31. The molecule has 0 aromatic heterocycles. The summed E-state index contributed by atoms with van der Waals surface area (Å²) in [5.74, 6) is -1.60. The molecule has 2 rings (SSSR count). The van der Waals surface area contributed by atoms with Gasteiger partial charge in [0.25, 0.3) is 5.91 Å². The van der Waals surface area contributed by atoms with Crippen molar-refractivity contribution in [3.63, 3.8) is 0 Å². The van der Waals surface area contributed by atoms with Gasteiger partial charge in [0.2, 0.25) is 5.91 Å². The molecule has 1 heterocycles. The van der Waals surface area contributed by atoms with Gasteiger partial charge in [-0.1, -0.05) is 30.3 Å². The molecule has 2 N–H and O–H groups in total. The monoisotopic (exact) mass is 317 g/mol. The third-order valence-electron chi connectivity index (χ3n) is 3.45. The molecule has 0 aliphatic carbocycles. The molecule has 1 aliphatic rings. The van der Waals surface area contributed by atoms with E-state index in [1.807, 2.05) is 30.3 Å². The highest BCUT2D eigenvalue weighted by atomic mass is 16.5. The zero-order chi connectivity index (χ0) is 16.8. The quantitative estimate of drug-likeness (QED) is 0.785. The molecule has 1 aromatic carbocycles. The van der Waals surface area contributed by atoms with Crippen LogP contribution in [0.25, 0.3) is 0 Å². The highest BCUT2D eigenvalue weighted by Crippen LogP contribution is 2.15. The van der Waals surface area contributed by atoms with E-state index in [0.29, 0.717) is 13.0 Å². The van der Waals surface area contributed by atoms with Crippen molar-refractivity contribution in [2.45, 2.75) is 32.3 Å². The van der Waals surface area contributed by atoms with Crippen molar-refractivity contribution in [3.8, 4) is 0 Å². The third-order valence-corrected chi connectivity index (χ3v) is 3.45. The minimum atomic E-state index is -0.993. The average Bonchev–Trinajstić information content (AvgIpc) is 3.03. The van der Waals surface area contributed by atoms with E-state index in [-0.39, 0.29) is 18.7 Å². The number of nitrogens with zero attached hydrogens (tertiary/aromatic N) is 2. The van der Waals surface area contributed by atoms with Gasteiger partial charge in [0, 0.05) is 12.8 Å².